The van der Waals surface area contributed by atoms with E-state index < -0.39 is 10.0 Å². The summed E-state index contributed by atoms with van der Waals surface area (Å²) in [6.45, 7) is 0.528. The molecule has 2 N–H and O–H groups in total. The second-order valence-electron chi connectivity index (χ2n) is 7.07. The summed E-state index contributed by atoms with van der Waals surface area (Å²) in [6, 6.07) is 11.7. The van der Waals surface area contributed by atoms with Gasteiger partial charge in [0.1, 0.15) is 5.75 Å². The third-order valence-electron chi connectivity index (χ3n) is 5.19. The second-order valence-corrected chi connectivity index (χ2v) is 10.0. The maximum Gasteiger partial charge on any atom is 0.305 e. The molecule has 2 aromatic carbocycles. The normalized spacial score (nSPS) is 15.9. The number of methoxy groups -OCH3 is 1. The lowest BCUT2D eigenvalue weighted by atomic mass is 9.97. The standard InChI is InChI=1S/C20H21N3O5S2/c1-28-15-4-2-3-14(11-15)21-19(24)13-7-9-23(10-8-13)30(26,27)16-5-6-17-18(12-16)29-20(25)22-17/h2-6,11-13H,7-10H2,1H3,(H,21,24)(H,22,25). The molecule has 10 heteroatoms. The molecule has 1 aromatic heterocycles. The lowest BCUT2D eigenvalue weighted by Gasteiger charge is -2.30. The number of H-pyrrole nitrogens is 1. The van der Waals surface area contributed by atoms with Gasteiger partial charge in [0.05, 0.1) is 22.2 Å². The quantitative estimate of drug-likeness (QED) is 0.625. The van der Waals surface area contributed by atoms with Crippen molar-refractivity contribution >= 4 is 43.2 Å². The van der Waals surface area contributed by atoms with Crippen molar-refractivity contribution in [2.24, 2.45) is 5.92 Å². The first-order chi connectivity index (χ1) is 14.4. The Kier molecular flexibility index (Phi) is 5.63. The number of carbonyl (C=O) groups excluding carboxylic acids is 1. The zero-order chi connectivity index (χ0) is 21.3. The lowest BCUT2D eigenvalue weighted by molar-refractivity contribution is -0.120. The summed E-state index contributed by atoms with van der Waals surface area (Å²) in [4.78, 5) is 26.7. The summed E-state index contributed by atoms with van der Waals surface area (Å²) in [5.41, 5.74) is 1.27. The molecule has 30 heavy (non-hydrogen) atoms. The monoisotopic (exact) mass is 447 g/mol. The van der Waals surface area contributed by atoms with Crippen LogP contribution in [0.1, 0.15) is 12.8 Å². The van der Waals surface area contributed by atoms with E-state index in [-0.39, 0.29) is 34.7 Å². The SMILES string of the molecule is COc1cccc(NC(=O)C2CCN(S(=O)(=O)c3ccc4[nH]c(=O)sc4c3)CC2)c1. The Balaban J connectivity index is 1.42. The van der Waals surface area contributed by atoms with Crippen molar-refractivity contribution < 1.29 is 17.9 Å². The van der Waals surface area contributed by atoms with E-state index in [2.05, 4.69) is 10.3 Å². The molecule has 1 saturated heterocycles. The van der Waals surface area contributed by atoms with Gasteiger partial charge < -0.3 is 15.0 Å². The number of benzene rings is 2. The molecule has 1 aliphatic heterocycles. The first-order valence-electron chi connectivity index (χ1n) is 9.45. The first kappa shape index (κ1) is 20.6. The highest BCUT2D eigenvalue weighted by atomic mass is 32.2. The summed E-state index contributed by atoms with van der Waals surface area (Å²) in [6.07, 6.45) is 0.879. The van der Waals surface area contributed by atoms with Crippen LogP contribution >= 0.6 is 11.3 Å². The molecule has 0 spiro atoms. The fourth-order valence-corrected chi connectivity index (χ4v) is 5.89. The predicted octanol–water partition coefficient (Wildman–Crippen LogP) is 2.64. The number of rotatable bonds is 5. The molecule has 4 rings (SSSR count). The zero-order valence-corrected chi connectivity index (χ0v) is 17.9. The van der Waals surface area contributed by atoms with Crippen LogP contribution < -0.4 is 14.9 Å². The van der Waals surface area contributed by atoms with Gasteiger partial charge in [-0.25, -0.2) is 8.42 Å². The van der Waals surface area contributed by atoms with E-state index >= 15 is 0 Å². The fourth-order valence-electron chi connectivity index (χ4n) is 3.54. The van der Waals surface area contributed by atoms with Crippen molar-refractivity contribution in [3.8, 4) is 5.75 Å². The van der Waals surface area contributed by atoms with Crippen LogP contribution in [0.5, 0.6) is 5.75 Å². The third-order valence-corrected chi connectivity index (χ3v) is 7.93. The van der Waals surface area contributed by atoms with Crippen molar-refractivity contribution in [2.45, 2.75) is 17.7 Å². The number of amides is 1. The molecular weight excluding hydrogens is 426 g/mol. The highest BCUT2D eigenvalue weighted by Gasteiger charge is 2.32. The van der Waals surface area contributed by atoms with Gasteiger partial charge in [-0.15, -0.1) is 0 Å². The number of carbonyl (C=O) groups is 1. The van der Waals surface area contributed by atoms with E-state index in [1.165, 1.54) is 16.4 Å². The Bertz CT molecular complexity index is 1240. The minimum Gasteiger partial charge on any atom is -0.497 e. The van der Waals surface area contributed by atoms with E-state index in [0.29, 0.717) is 34.5 Å². The first-order valence-corrected chi connectivity index (χ1v) is 11.7. The molecule has 1 amide bonds. The number of hydrogen-bond donors (Lipinski definition) is 2. The van der Waals surface area contributed by atoms with Gasteiger partial charge in [-0.2, -0.15) is 4.31 Å². The molecule has 0 radical (unpaired) electrons. The average molecular weight is 448 g/mol. The number of aromatic nitrogens is 1. The molecule has 0 saturated carbocycles. The van der Waals surface area contributed by atoms with E-state index in [1.54, 1.807) is 37.4 Å². The van der Waals surface area contributed by atoms with E-state index in [1.807, 2.05) is 0 Å². The van der Waals surface area contributed by atoms with Crippen molar-refractivity contribution in [1.82, 2.24) is 9.29 Å². The average Bonchev–Trinajstić information content (AvgIpc) is 3.13. The Morgan fingerprint density at radius 1 is 1.20 bits per heavy atom. The van der Waals surface area contributed by atoms with Crippen LogP contribution in [0.3, 0.4) is 0 Å². The number of ether oxygens (including phenoxy) is 1. The van der Waals surface area contributed by atoms with Crippen molar-refractivity contribution in [3.63, 3.8) is 0 Å². The Morgan fingerprint density at radius 3 is 2.70 bits per heavy atom. The Hall–Kier alpha value is -2.69. The highest BCUT2D eigenvalue weighted by Crippen LogP contribution is 2.27. The maximum atomic E-state index is 13.0. The van der Waals surface area contributed by atoms with Crippen LogP contribution in [0, 0.1) is 5.92 Å². The summed E-state index contributed by atoms with van der Waals surface area (Å²) >= 11 is 0.981. The minimum atomic E-state index is -3.69. The zero-order valence-electron chi connectivity index (χ0n) is 16.3. The largest absolute Gasteiger partial charge is 0.497 e. The van der Waals surface area contributed by atoms with Crippen molar-refractivity contribution in [2.75, 3.05) is 25.5 Å². The van der Waals surface area contributed by atoms with Gasteiger partial charge in [-0.1, -0.05) is 17.4 Å². The third kappa shape index (κ3) is 4.11. The highest BCUT2D eigenvalue weighted by molar-refractivity contribution is 7.89. The van der Waals surface area contributed by atoms with Crippen LogP contribution in [0.2, 0.25) is 0 Å². The summed E-state index contributed by atoms with van der Waals surface area (Å²) < 4.78 is 33.2. The number of sulfonamides is 1. The van der Waals surface area contributed by atoms with E-state index in [4.69, 9.17) is 4.74 Å². The van der Waals surface area contributed by atoms with Gasteiger partial charge in [0, 0.05) is 30.8 Å². The number of nitrogens with one attached hydrogen (secondary N) is 2. The Labute approximate surface area is 177 Å². The van der Waals surface area contributed by atoms with Crippen molar-refractivity contribution in [1.29, 1.82) is 0 Å². The molecule has 2 heterocycles. The lowest BCUT2D eigenvalue weighted by Crippen LogP contribution is -2.41. The second kappa shape index (κ2) is 8.21. The van der Waals surface area contributed by atoms with Gasteiger partial charge in [0.15, 0.2) is 0 Å². The molecule has 158 valence electrons. The fraction of sp³-hybridized carbons (Fsp3) is 0.300. The topological polar surface area (TPSA) is 109 Å². The predicted molar refractivity (Wildman–Crippen MR) is 116 cm³/mol. The number of fused-ring (bicyclic) bond motifs is 1. The van der Waals surface area contributed by atoms with E-state index in [9.17, 15) is 18.0 Å². The maximum absolute atomic E-state index is 13.0. The molecule has 1 aliphatic rings. The molecule has 3 aromatic rings. The molecule has 1 fully saturated rings. The van der Waals surface area contributed by atoms with Gasteiger partial charge in [0.25, 0.3) is 0 Å². The summed E-state index contributed by atoms with van der Waals surface area (Å²) in [7, 11) is -2.12. The van der Waals surface area contributed by atoms with Crippen LogP contribution in [0.25, 0.3) is 10.2 Å². The number of piperidine rings is 1. The smallest absolute Gasteiger partial charge is 0.305 e. The van der Waals surface area contributed by atoms with Crippen LogP contribution in [0.4, 0.5) is 5.69 Å². The number of hydrogen-bond acceptors (Lipinski definition) is 6. The van der Waals surface area contributed by atoms with Gasteiger partial charge in [-0.05, 0) is 43.2 Å². The number of aromatic amines is 1. The molecular formula is C20H21N3O5S2. The number of thiazole rings is 1. The van der Waals surface area contributed by atoms with Crippen molar-refractivity contribution in [3.05, 3.63) is 52.1 Å². The minimum absolute atomic E-state index is 0.126. The molecule has 0 atom stereocenters. The molecule has 8 nitrogen and oxygen atoms in total. The van der Waals surface area contributed by atoms with Crippen LogP contribution in [0.15, 0.2) is 52.2 Å². The number of anilines is 1. The van der Waals surface area contributed by atoms with Crippen LogP contribution in [-0.2, 0) is 14.8 Å². The van der Waals surface area contributed by atoms with Gasteiger partial charge >= 0.3 is 4.87 Å². The van der Waals surface area contributed by atoms with Crippen LogP contribution in [-0.4, -0.2) is 43.8 Å². The number of nitrogens with zero attached hydrogens (tertiary/aromatic N) is 1. The molecule has 0 bridgehead atoms. The summed E-state index contributed by atoms with van der Waals surface area (Å²) in [5, 5.41) is 2.88. The summed E-state index contributed by atoms with van der Waals surface area (Å²) in [5.74, 6) is 0.261. The molecule has 0 aliphatic carbocycles. The Morgan fingerprint density at radius 2 is 1.97 bits per heavy atom. The molecule has 0 unspecified atom stereocenters. The van der Waals surface area contributed by atoms with Gasteiger partial charge in [0.2, 0.25) is 15.9 Å². The van der Waals surface area contributed by atoms with Gasteiger partial charge in [-0.3, -0.25) is 9.59 Å². The van der Waals surface area contributed by atoms with E-state index in [0.717, 1.165) is 11.3 Å².